The quantitative estimate of drug-likeness (QED) is 0.314. The van der Waals surface area contributed by atoms with E-state index in [2.05, 4.69) is 13.8 Å². The van der Waals surface area contributed by atoms with Gasteiger partial charge in [0.05, 0.1) is 11.5 Å². The highest BCUT2D eigenvalue weighted by molar-refractivity contribution is 8.00. The van der Waals surface area contributed by atoms with E-state index in [-0.39, 0.29) is 18.7 Å². The monoisotopic (exact) mass is 308 g/mol. The number of thioether (sulfide) groups is 2. The van der Waals surface area contributed by atoms with Crippen LogP contribution in [-0.4, -0.2) is 41.7 Å². The van der Waals surface area contributed by atoms with Crippen molar-refractivity contribution < 1.29 is 19.1 Å². The minimum Gasteiger partial charge on any atom is -0.427 e. The molecule has 0 aliphatic heterocycles. The molecule has 0 aliphatic rings. The van der Waals surface area contributed by atoms with Crippen LogP contribution < -0.4 is 0 Å². The second-order valence-corrected chi connectivity index (χ2v) is 6.17. The van der Waals surface area contributed by atoms with E-state index < -0.39 is 0 Å². The van der Waals surface area contributed by atoms with Crippen LogP contribution in [0.15, 0.2) is 0 Å². The molecule has 0 aromatic carbocycles. The fourth-order valence-electron chi connectivity index (χ4n) is 1.05. The molecule has 0 rings (SSSR count). The van der Waals surface area contributed by atoms with Gasteiger partial charge in [-0.25, -0.2) is 0 Å². The molecule has 0 spiro atoms. The van der Waals surface area contributed by atoms with Gasteiger partial charge in [0.1, 0.15) is 0 Å². The van der Waals surface area contributed by atoms with Crippen molar-refractivity contribution in [3.63, 3.8) is 0 Å². The maximum Gasteiger partial charge on any atom is 0.318 e. The Morgan fingerprint density at radius 1 is 0.842 bits per heavy atom. The largest absolute Gasteiger partial charge is 0.427 e. The predicted molar refractivity (Wildman–Crippen MR) is 81.5 cm³/mol. The van der Waals surface area contributed by atoms with Gasteiger partial charge in [-0.05, 0) is 24.3 Å². The Bertz CT molecular complexity index is 223. The number of unbranched alkanes of at least 4 members (excludes halogenated alkanes) is 2. The number of hydrogen-bond donors (Lipinski definition) is 0. The van der Waals surface area contributed by atoms with Crippen molar-refractivity contribution in [2.24, 2.45) is 0 Å². The Morgan fingerprint density at radius 3 is 1.63 bits per heavy atom. The molecule has 0 atom stereocenters. The third-order valence-electron chi connectivity index (χ3n) is 2.16. The molecule has 4 nitrogen and oxygen atoms in total. The molecule has 0 bridgehead atoms. The number of esters is 2. The van der Waals surface area contributed by atoms with Crippen molar-refractivity contribution >= 4 is 35.5 Å². The number of carbonyl (C=O) groups is 2. The summed E-state index contributed by atoms with van der Waals surface area (Å²) in [5.41, 5.74) is 0. The lowest BCUT2D eigenvalue weighted by molar-refractivity contribution is -0.163. The summed E-state index contributed by atoms with van der Waals surface area (Å²) >= 11 is 3.09. The maximum atomic E-state index is 11.2. The standard InChI is InChI=1S/C13H24O4S2/c1-3-5-7-18-9-12(14)16-11-17-13(15)10-19-8-6-4-2/h3-11H2,1-2H3. The van der Waals surface area contributed by atoms with Crippen LogP contribution in [0.3, 0.4) is 0 Å². The number of ether oxygens (including phenoxy) is 2. The summed E-state index contributed by atoms with van der Waals surface area (Å²) in [5.74, 6) is 1.91. The molecule has 0 heterocycles. The molecule has 0 N–H and O–H groups in total. The summed E-state index contributed by atoms with van der Waals surface area (Å²) in [4.78, 5) is 22.5. The lowest BCUT2D eigenvalue weighted by atomic mass is 10.4. The van der Waals surface area contributed by atoms with Crippen LogP contribution in [0.25, 0.3) is 0 Å². The summed E-state index contributed by atoms with van der Waals surface area (Å²) in [7, 11) is 0. The minimum absolute atomic E-state index is 0.264. The molecule has 0 radical (unpaired) electrons. The lowest BCUT2D eigenvalue weighted by Gasteiger charge is -2.06. The van der Waals surface area contributed by atoms with Gasteiger partial charge in [0, 0.05) is 0 Å². The van der Waals surface area contributed by atoms with Crippen LogP contribution in [0.1, 0.15) is 39.5 Å². The van der Waals surface area contributed by atoms with Gasteiger partial charge in [0.2, 0.25) is 6.79 Å². The molecular weight excluding hydrogens is 284 g/mol. The summed E-state index contributed by atoms with van der Waals surface area (Å²) < 4.78 is 9.62. The van der Waals surface area contributed by atoms with Crippen LogP contribution in [0, 0.1) is 0 Å². The molecule has 0 aliphatic carbocycles. The third-order valence-corrected chi connectivity index (χ3v) is 4.20. The Kier molecular flexibility index (Phi) is 13.8. The average molecular weight is 308 g/mol. The van der Waals surface area contributed by atoms with Gasteiger partial charge in [-0.15, -0.1) is 0 Å². The van der Waals surface area contributed by atoms with Gasteiger partial charge in [0.25, 0.3) is 0 Å². The minimum atomic E-state index is -0.326. The Morgan fingerprint density at radius 2 is 1.26 bits per heavy atom. The highest BCUT2D eigenvalue weighted by Gasteiger charge is 2.06. The van der Waals surface area contributed by atoms with Crippen molar-refractivity contribution in [3.8, 4) is 0 Å². The fourth-order valence-corrected chi connectivity index (χ4v) is 2.82. The summed E-state index contributed by atoms with van der Waals surface area (Å²) in [6.07, 6.45) is 4.44. The average Bonchev–Trinajstić information content (AvgIpc) is 2.40. The van der Waals surface area contributed by atoms with E-state index >= 15 is 0 Å². The zero-order valence-corrected chi connectivity index (χ0v) is 13.4. The van der Waals surface area contributed by atoms with E-state index in [1.807, 2.05) is 0 Å². The molecule has 0 unspecified atom stereocenters. The zero-order valence-electron chi connectivity index (χ0n) is 11.8. The zero-order chi connectivity index (χ0) is 14.3. The number of carbonyl (C=O) groups excluding carboxylic acids is 2. The molecule has 0 fully saturated rings. The van der Waals surface area contributed by atoms with E-state index in [0.717, 1.165) is 37.2 Å². The van der Waals surface area contributed by atoms with Gasteiger partial charge < -0.3 is 9.47 Å². The van der Waals surface area contributed by atoms with Crippen LogP contribution in [0.4, 0.5) is 0 Å². The molecule has 6 heteroatoms. The SMILES string of the molecule is CCCCSCC(=O)OCOC(=O)CSCCCC. The van der Waals surface area contributed by atoms with Crippen molar-refractivity contribution in [1.82, 2.24) is 0 Å². The van der Waals surface area contributed by atoms with E-state index in [0.29, 0.717) is 11.5 Å². The van der Waals surface area contributed by atoms with Gasteiger partial charge in [-0.3, -0.25) is 9.59 Å². The van der Waals surface area contributed by atoms with Crippen LogP contribution in [-0.2, 0) is 19.1 Å². The van der Waals surface area contributed by atoms with Crippen molar-refractivity contribution in [1.29, 1.82) is 0 Å². The van der Waals surface area contributed by atoms with Gasteiger partial charge in [-0.2, -0.15) is 23.5 Å². The molecule has 0 saturated carbocycles. The van der Waals surface area contributed by atoms with Crippen LogP contribution in [0.5, 0.6) is 0 Å². The molecule has 0 aromatic heterocycles. The molecule has 0 aromatic rings. The summed E-state index contributed by atoms with van der Waals surface area (Å²) in [6, 6.07) is 0. The first-order chi connectivity index (χ1) is 9.20. The maximum absolute atomic E-state index is 11.2. The normalized spacial score (nSPS) is 10.2. The van der Waals surface area contributed by atoms with Crippen LogP contribution in [0.2, 0.25) is 0 Å². The van der Waals surface area contributed by atoms with Gasteiger partial charge >= 0.3 is 11.9 Å². The van der Waals surface area contributed by atoms with E-state index in [4.69, 9.17) is 9.47 Å². The number of hydrogen-bond acceptors (Lipinski definition) is 6. The van der Waals surface area contributed by atoms with Crippen molar-refractivity contribution in [2.45, 2.75) is 39.5 Å². The van der Waals surface area contributed by atoms with Crippen molar-refractivity contribution in [3.05, 3.63) is 0 Å². The highest BCUT2D eigenvalue weighted by Crippen LogP contribution is 2.06. The summed E-state index contributed by atoms with van der Waals surface area (Å²) in [6.45, 7) is 3.95. The lowest BCUT2D eigenvalue weighted by Crippen LogP contribution is -2.15. The topological polar surface area (TPSA) is 52.6 Å². The third kappa shape index (κ3) is 13.9. The first-order valence-electron chi connectivity index (χ1n) is 6.67. The van der Waals surface area contributed by atoms with Crippen LogP contribution >= 0.6 is 23.5 Å². The van der Waals surface area contributed by atoms with Crippen molar-refractivity contribution in [2.75, 3.05) is 29.8 Å². The first-order valence-corrected chi connectivity index (χ1v) is 8.98. The van der Waals surface area contributed by atoms with E-state index in [9.17, 15) is 9.59 Å². The second-order valence-electron chi connectivity index (χ2n) is 3.96. The second kappa shape index (κ2) is 14.1. The Labute approximate surface area is 124 Å². The van der Waals surface area contributed by atoms with Gasteiger partial charge in [0.15, 0.2) is 0 Å². The van der Waals surface area contributed by atoms with E-state index in [1.54, 1.807) is 23.5 Å². The van der Waals surface area contributed by atoms with E-state index in [1.165, 1.54) is 0 Å². The van der Waals surface area contributed by atoms with Gasteiger partial charge in [-0.1, -0.05) is 26.7 Å². The molecule has 0 saturated heterocycles. The molecule has 19 heavy (non-hydrogen) atoms. The predicted octanol–water partition coefficient (Wildman–Crippen LogP) is 3.10. The molecule has 112 valence electrons. The summed E-state index contributed by atoms with van der Waals surface area (Å²) in [5, 5.41) is 0. The number of rotatable bonds is 12. The fraction of sp³-hybridized carbons (Fsp3) is 0.846. The Balaban J connectivity index is 3.35. The highest BCUT2D eigenvalue weighted by atomic mass is 32.2. The molecule has 0 amide bonds. The molecular formula is C13H24O4S2. The smallest absolute Gasteiger partial charge is 0.318 e. The first kappa shape index (κ1) is 18.6. The Hall–Kier alpha value is -0.360.